The molecule has 0 saturated carbocycles. The highest BCUT2D eigenvalue weighted by Gasteiger charge is 2.18. The van der Waals surface area contributed by atoms with E-state index < -0.39 is 25.9 Å². The molecule has 0 spiro atoms. The first-order chi connectivity index (χ1) is 11.7. The van der Waals surface area contributed by atoms with Crippen LogP contribution in [0.1, 0.15) is 13.3 Å². The van der Waals surface area contributed by atoms with E-state index in [1.165, 1.54) is 0 Å². The molecule has 3 N–H and O–H groups in total. The minimum atomic E-state index is -3.88. The second kappa shape index (κ2) is 10.0. The Bertz CT molecular complexity index is 754. The maximum Gasteiger partial charge on any atom is 0.240 e. The highest BCUT2D eigenvalue weighted by molar-refractivity contribution is 7.92. The van der Waals surface area contributed by atoms with E-state index in [2.05, 4.69) is 14.8 Å². The van der Waals surface area contributed by atoms with Gasteiger partial charge in [0.1, 0.15) is 5.82 Å². The first kappa shape index (κ1) is 21.8. The van der Waals surface area contributed by atoms with Gasteiger partial charge in [-0.1, -0.05) is 6.92 Å². The van der Waals surface area contributed by atoms with E-state index in [-0.39, 0.29) is 22.9 Å². The van der Waals surface area contributed by atoms with Gasteiger partial charge in [-0.2, -0.15) is 0 Å². The largest absolute Gasteiger partial charge is 0.383 e. The molecular weight excluding hydrogens is 373 g/mol. The zero-order chi connectivity index (χ0) is 18.9. The van der Waals surface area contributed by atoms with Gasteiger partial charge in [0.2, 0.25) is 20.0 Å². The molecule has 0 aliphatic heterocycles. The Kier molecular flexibility index (Phi) is 8.73. The Balaban J connectivity index is 2.71. The van der Waals surface area contributed by atoms with Crippen LogP contribution in [0.3, 0.4) is 0 Å². The molecule has 0 aromatic heterocycles. The smallest absolute Gasteiger partial charge is 0.240 e. The fourth-order valence-electron chi connectivity index (χ4n) is 1.89. The van der Waals surface area contributed by atoms with Crippen molar-refractivity contribution >= 4 is 25.7 Å². The van der Waals surface area contributed by atoms with Gasteiger partial charge in [-0.25, -0.2) is 25.9 Å². The van der Waals surface area contributed by atoms with Gasteiger partial charge in [-0.05, 0) is 24.6 Å². The van der Waals surface area contributed by atoms with Crippen LogP contribution in [0.5, 0.6) is 0 Å². The number of halogens is 1. The van der Waals surface area contributed by atoms with E-state index in [0.29, 0.717) is 26.1 Å². The molecule has 0 atom stereocenters. The lowest BCUT2D eigenvalue weighted by molar-refractivity contribution is 0.199. The zero-order valence-corrected chi connectivity index (χ0v) is 15.8. The summed E-state index contributed by atoms with van der Waals surface area (Å²) in [6.07, 6.45) is 0.381. The summed E-state index contributed by atoms with van der Waals surface area (Å²) in [6.45, 7) is 3.28. The van der Waals surface area contributed by atoms with Gasteiger partial charge in [-0.3, -0.25) is 4.72 Å². The molecule has 0 aliphatic rings. The summed E-state index contributed by atoms with van der Waals surface area (Å²) in [5.74, 6) is -1.11. The molecule has 1 aromatic rings. The van der Waals surface area contributed by atoms with Gasteiger partial charge >= 0.3 is 0 Å². The molecule has 144 valence electrons. The Hall–Kier alpha value is -1.27. The third-order valence-corrected chi connectivity index (χ3v) is 6.00. The molecule has 0 radical (unpaired) electrons. The number of sulfonamides is 2. The number of benzene rings is 1. The molecule has 11 heteroatoms. The summed E-state index contributed by atoms with van der Waals surface area (Å²) < 4.78 is 70.8. The number of nitrogens with one attached hydrogen (secondary N) is 3. The average Bonchev–Trinajstić information content (AvgIpc) is 2.52. The van der Waals surface area contributed by atoms with Gasteiger partial charge in [0, 0.05) is 26.7 Å². The minimum absolute atomic E-state index is 0.124. The number of rotatable bonds is 12. The van der Waals surface area contributed by atoms with Crippen LogP contribution in [0.25, 0.3) is 0 Å². The Morgan fingerprint density at radius 3 is 2.44 bits per heavy atom. The van der Waals surface area contributed by atoms with Crippen molar-refractivity contribution < 1.29 is 26.0 Å². The summed E-state index contributed by atoms with van der Waals surface area (Å²) in [6, 6.07) is 3.02. The molecule has 0 saturated heterocycles. The van der Waals surface area contributed by atoms with E-state index in [4.69, 9.17) is 4.74 Å². The predicted octanol–water partition coefficient (Wildman–Crippen LogP) is 0.492. The van der Waals surface area contributed by atoms with Gasteiger partial charge in [0.15, 0.2) is 0 Å². The lowest BCUT2D eigenvalue weighted by atomic mass is 10.3. The normalized spacial score (nSPS) is 12.3. The second-order valence-electron chi connectivity index (χ2n) is 5.20. The summed E-state index contributed by atoms with van der Waals surface area (Å²) >= 11 is 0. The quantitative estimate of drug-likeness (QED) is 0.443. The number of hydrogen-bond acceptors (Lipinski definition) is 6. The van der Waals surface area contributed by atoms with Crippen LogP contribution in [0.2, 0.25) is 0 Å². The van der Waals surface area contributed by atoms with Crippen molar-refractivity contribution in [1.29, 1.82) is 0 Å². The summed E-state index contributed by atoms with van der Waals surface area (Å²) in [4.78, 5) is -0.277. The van der Waals surface area contributed by atoms with Gasteiger partial charge in [0.25, 0.3) is 0 Å². The van der Waals surface area contributed by atoms with E-state index in [0.717, 1.165) is 18.2 Å². The van der Waals surface area contributed by atoms with E-state index in [1.807, 2.05) is 0 Å². The highest BCUT2D eigenvalue weighted by Crippen LogP contribution is 2.20. The van der Waals surface area contributed by atoms with Crippen LogP contribution < -0.4 is 14.8 Å². The lowest BCUT2D eigenvalue weighted by Crippen LogP contribution is -2.33. The van der Waals surface area contributed by atoms with Crippen molar-refractivity contribution in [3.63, 3.8) is 0 Å². The number of methoxy groups -OCH3 is 1. The fraction of sp³-hybridized carbons (Fsp3) is 0.571. The molecule has 0 bridgehead atoms. The molecule has 0 aliphatic carbocycles. The first-order valence-electron chi connectivity index (χ1n) is 7.71. The molecule has 0 heterocycles. The third-order valence-electron chi connectivity index (χ3n) is 3.07. The maximum absolute atomic E-state index is 14.0. The molecule has 0 unspecified atom stereocenters. The van der Waals surface area contributed by atoms with Crippen molar-refractivity contribution in [3.8, 4) is 0 Å². The van der Waals surface area contributed by atoms with Crippen molar-refractivity contribution in [1.82, 2.24) is 10.0 Å². The number of ether oxygens (including phenoxy) is 1. The van der Waals surface area contributed by atoms with Crippen molar-refractivity contribution in [2.45, 2.75) is 18.2 Å². The van der Waals surface area contributed by atoms with Gasteiger partial charge < -0.3 is 10.1 Å². The summed E-state index contributed by atoms with van der Waals surface area (Å²) in [7, 11) is -5.98. The van der Waals surface area contributed by atoms with E-state index in [9.17, 15) is 21.2 Å². The van der Waals surface area contributed by atoms with Crippen molar-refractivity contribution in [3.05, 3.63) is 24.0 Å². The fourth-order valence-corrected chi connectivity index (χ4v) is 4.07. The third kappa shape index (κ3) is 7.65. The molecular formula is C14H24FN3O5S2. The van der Waals surface area contributed by atoms with Crippen LogP contribution in [-0.2, 0) is 24.8 Å². The number of anilines is 1. The zero-order valence-electron chi connectivity index (χ0n) is 14.2. The Labute approximate surface area is 148 Å². The Morgan fingerprint density at radius 2 is 1.84 bits per heavy atom. The molecule has 1 rings (SSSR count). The van der Waals surface area contributed by atoms with Crippen LogP contribution >= 0.6 is 0 Å². The molecule has 0 amide bonds. The summed E-state index contributed by atoms with van der Waals surface area (Å²) in [5, 5.41) is 2.97. The van der Waals surface area contributed by atoms with Crippen molar-refractivity contribution in [2.24, 2.45) is 0 Å². The topological polar surface area (TPSA) is 114 Å². The highest BCUT2D eigenvalue weighted by atomic mass is 32.2. The van der Waals surface area contributed by atoms with Crippen LogP contribution in [0, 0.1) is 5.82 Å². The van der Waals surface area contributed by atoms with Gasteiger partial charge in [0.05, 0.1) is 22.9 Å². The average molecular weight is 397 g/mol. The summed E-state index contributed by atoms with van der Waals surface area (Å²) in [5.41, 5.74) is -0.284. The molecule has 8 nitrogen and oxygen atoms in total. The van der Waals surface area contributed by atoms with Gasteiger partial charge in [-0.15, -0.1) is 0 Å². The SMILES string of the molecule is CCCS(=O)(=O)Nc1ccc(S(=O)(=O)NCCNCCOC)cc1F. The lowest BCUT2D eigenvalue weighted by Gasteiger charge is -2.11. The van der Waals surface area contributed by atoms with E-state index >= 15 is 0 Å². The second-order valence-corrected chi connectivity index (χ2v) is 8.81. The maximum atomic E-state index is 14.0. The minimum Gasteiger partial charge on any atom is -0.383 e. The van der Waals surface area contributed by atoms with Crippen LogP contribution in [0.15, 0.2) is 23.1 Å². The van der Waals surface area contributed by atoms with Crippen LogP contribution in [0.4, 0.5) is 10.1 Å². The predicted molar refractivity (Wildman–Crippen MR) is 94.0 cm³/mol. The monoisotopic (exact) mass is 397 g/mol. The van der Waals surface area contributed by atoms with Crippen LogP contribution in [-0.4, -0.2) is 55.9 Å². The molecule has 0 fully saturated rings. The molecule has 1 aromatic carbocycles. The van der Waals surface area contributed by atoms with Crippen molar-refractivity contribution in [2.75, 3.05) is 43.8 Å². The number of hydrogen-bond donors (Lipinski definition) is 3. The Morgan fingerprint density at radius 1 is 1.12 bits per heavy atom. The standard InChI is InChI=1S/C14H24FN3O5S2/c1-3-10-24(19,20)18-14-5-4-12(11-13(14)15)25(21,22)17-7-6-16-8-9-23-2/h4-5,11,16-18H,3,6-10H2,1-2H3. The first-order valence-corrected chi connectivity index (χ1v) is 10.8. The molecule has 25 heavy (non-hydrogen) atoms. The van der Waals surface area contributed by atoms with E-state index in [1.54, 1.807) is 14.0 Å².